The number of quaternary nitrogens is 1. The van der Waals surface area contributed by atoms with Crippen LogP contribution in [-0.2, 0) is 9.47 Å². The first kappa shape index (κ1) is 17.9. The van der Waals surface area contributed by atoms with Gasteiger partial charge in [-0.1, -0.05) is 0 Å². The van der Waals surface area contributed by atoms with Gasteiger partial charge in [-0.3, -0.25) is 0 Å². The van der Waals surface area contributed by atoms with Gasteiger partial charge in [-0.05, 0) is 0 Å². The van der Waals surface area contributed by atoms with Crippen molar-refractivity contribution in [3.05, 3.63) is 0 Å². The van der Waals surface area contributed by atoms with E-state index in [-0.39, 0.29) is 13.2 Å². The summed E-state index contributed by atoms with van der Waals surface area (Å²) in [6.07, 6.45) is -10.7. The molecule has 0 spiro atoms. The Balaban J connectivity index is 2.09. The number of nitrogens with two attached hydrogens (primary N) is 1. The molecule has 0 aromatic heterocycles. The van der Waals surface area contributed by atoms with Crippen LogP contribution in [0.4, 0.5) is 0 Å². The summed E-state index contributed by atoms with van der Waals surface area (Å²) < 4.78 is 10.6. The average molecular weight is 326 g/mol. The third-order valence-corrected chi connectivity index (χ3v) is 4.18. The fraction of sp³-hybridized carbons (Fsp3) is 1.00. The van der Waals surface area contributed by atoms with Crippen LogP contribution in [0.1, 0.15) is 0 Å². The molecule has 10 heteroatoms. The van der Waals surface area contributed by atoms with Gasteiger partial charge in [0.15, 0.2) is 6.29 Å². The first-order valence-corrected chi connectivity index (χ1v) is 7.17. The molecule has 9 atom stereocenters. The van der Waals surface area contributed by atoms with E-state index < -0.39 is 61.7 Å². The predicted molar refractivity (Wildman–Crippen MR) is 68.3 cm³/mol. The highest BCUT2D eigenvalue weighted by molar-refractivity contribution is 4.91. The van der Waals surface area contributed by atoms with Crippen LogP contribution in [0.2, 0.25) is 0 Å². The second-order valence-electron chi connectivity index (χ2n) is 5.67. The van der Waals surface area contributed by atoms with E-state index >= 15 is 0 Å². The number of piperidine rings is 1. The van der Waals surface area contributed by atoms with E-state index in [1.54, 1.807) is 5.32 Å². The van der Waals surface area contributed by atoms with Gasteiger partial charge in [0.05, 0.1) is 13.2 Å². The molecule has 2 aliphatic heterocycles. The number of aliphatic hydroxyl groups is 7. The molecule has 2 heterocycles. The van der Waals surface area contributed by atoms with Crippen LogP contribution < -0.4 is 5.32 Å². The minimum Gasteiger partial charge on any atom is -0.394 e. The standard InChI is InChI=1S/C12H23NO9/c14-2-4-11(7(17)5(16)1-13-4)22-12-10(20)9(19)8(18)6(3-15)21-12/h4-20H,1-3H2/p+1/t4-,5+,6-,7-,8-,9+,10-,11-,12-/m1/s1. The molecule has 0 unspecified atom stereocenters. The molecule has 2 rings (SSSR count). The van der Waals surface area contributed by atoms with Crippen molar-refractivity contribution in [3.63, 3.8) is 0 Å². The van der Waals surface area contributed by atoms with Gasteiger partial charge in [0.1, 0.15) is 55.3 Å². The molecule has 130 valence electrons. The smallest absolute Gasteiger partial charge is 0.187 e. The molecule has 2 aliphatic rings. The van der Waals surface area contributed by atoms with Crippen molar-refractivity contribution >= 4 is 0 Å². The molecule has 0 bridgehead atoms. The Bertz CT molecular complexity index is 355. The maximum absolute atomic E-state index is 9.99. The summed E-state index contributed by atoms with van der Waals surface area (Å²) >= 11 is 0. The number of hydrogen-bond acceptors (Lipinski definition) is 9. The van der Waals surface area contributed by atoms with Gasteiger partial charge in [-0.2, -0.15) is 0 Å². The molecule has 0 saturated carbocycles. The number of rotatable bonds is 4. The predicted octanol–water partition coefficient (Wildman–Crippen LogP) is -6.17. The Morgan fingerprint density at radius 3 is 2.18 bits per heavy atom. The van der Waals surface area contributed by atoms with Crippen LogP contribution >= 0.6 is 0 Å². The summed E-state index contributed by atoms with van der Waals surface area (Å²) in [5.41, 5.74) is 0. The van der Waals surface area contributed by atoms with E-state index in [1.165, 1.54) is 0 Å². The summed E-state index contributed by atoms with van der Waals surface area (Å²) in [6, 6.07) is -0.592. The van der Waals surface area contributed by atoms with Crippen molar-refractivity contribution in [1.29, 1.82) is 0 Å². The van der Waals surface area contributed by atoms with Crippen molar-refractivity contribution in [1.82, 2.24) is 0 Å². The third-order valence-electron chi connectivity index (χ3n) is 4.18. The Kier molecular flexibility index (Phi) is 6.07. The zero-order chi connectivity index (χ0) is 16.4. The topological polar surface area (TPSA) is 177 Å². The van der Waals surface area contributed by atoms with Crippen LogP contribution in [0.15, 0.2) is 0 Å². The van der Waals surface area contributed by atoms with Gasteiger partial charge in [0, 0.05) is 0 Å². The van der Waals surface area contributed by atoms with Crippen molar-refractivity contribution in [3.8, 4) is 0 Å². The highest BCUT2D eigenvalue weighted by atomic mass is 16.7. The number of hydrogen-bond donors (Lipinski definition) is 8. The normalized spacial score (nSPS) is 50.0. The van der Waals surface area contributed by atoms with E-state index in [1.807, 2.05) is 0 Å². The Hall–Kier alpha value is -0.400. The number of ether oxygens (including phenoxy) is 2. The zero-order valence-electron chi connectivity index (χ0n) is 11.8. The Labute approximate surface area is 126 Å². The zero-order valence-corrected chi connectivity index (χ0v) is 11.8. The largest absolute Gasteiger partial charge is 0.394 e. The summed E-state index contributed by atoms with van der Waals surface area (Å²) in [5, 5.41) is 69.0. The van der Waals surface area contributed by atoms with Gasteiger partial charge in [0.2, 0.25) is 0 Å². The Morgan fingerprint density at radius 2 is 1.59 bits per heavy atom. The molecule has 0 aliphatic carbocycles. The highest BCUT2D eigenvalue weighted by Gasteiger charge is 2.49. The summed E-state index contributed by atoms with van der Waals surface area (Å²) in [6.45, 7) is -0.761. The minimum atomic E-state index is -1.61. The van der Waals surface area contributed by atoms with E-state index in [9.17, 15) is 30.6 Å². The molecule has 9 N–H and O–H groups in total. The molecular weight excluding hydrogens is 302 g/mol. The summed E-state index contributed by atoms with van der Waals surface area (Å²) in [5.74, 6) is 0. The number of aliphatic hydroxyl groups excluding tert-OH is 7. The average Bonchev–Trinajstić information content (AvgIpc) is 2.52. The van der Waals surface area contributed by atoms with E-state index in [4.69, 9.17) is 14.6 Å². The van der Waals surface area contributed by atoms with Crippen LogP contribution in [-0.4, -0.2) is 111 Å². The first-order chi connectivity index (χ1) is 10.4. The molecule has 0 radical (unpaired) electrons. The van der Waals surface area contributed by atoms with Gasteiger partial charge < -0.3 is 50.5 Å². The van der Waals surface area contributed by atoms with Crippen LogP contribution in [0.3, 0.4) is 0 Å². The lowest BCUT2D eigenvalue weighted by Crippen LogP contribution is -2.99. The van der Waals surface area contributed by atoms with Gasteiger partial charge >= 0.3 is 0 Å². The molecule has 10 nitrogen and oxygen atoms in total. The monoisotopic (exact) mass is 326 g/mol. The summed E-state index contributed by atoms with van der Waals surface area (Å²) in [7, 11) is 0. The maximum atomic E-state index is 9.99. The van der Waals surface area contributed by atoms with E-state index in [0.717, 1.165) is 0 Å². The van der Waals surface area contributed by atoms with Crippen LogP contribution in [0, 0.1) is 0 Å². The van der Waals surface area contributed by atoms with Gasteiger partial charge in [-0.25, -0.2) is 0 Å². The molecule has 2 saturated heterocycles. The lowest BCUT2D eigenvalue weighted by molar-refractivity contribution is -0.718. The molecule has 0 amide bonds. The van der Waals surface area contributed by atoms with Crippen molar-refractivity contribution in [2.24, 2.45) is 0 Å². The van der Waals surface area contributed by atoms with Crippen LogP contribution in [0.5, 0.6) is 0 Å². The van der Waals surface area contributed by atoms with E-state index in [2.05, 4.69) is 0 Å². The van der Waals surface area contributed by atoms with Gasteiger partial charge in [-0.15, -0.1) is 0 Å². The molecule has 2 fully saturated rings. The molecular formula is C12H24NO9+. The van der Waals surface area contributed by atoms with E-state index in [0.29, 0.717) is 0 Å². The lowest BCUT2D eigenvalue weighted by Gasteiger charge is -2.43. The molecule has 0 aromatic rings. The quantitative estimate of drug-likeness (QED) is 0.250. The SMILES string of the molecule is OC[C@H]1[NH2+]C[C@H](O)[C@@H](O)[C@@H]1O[C@H]1O[C@H](CO)[C@@H](O)[C@H](O)[C@H]1O. The maximum Gasteiger partial charge on any atom is 0.187 e. The van der Waals surface area contributed by atoms with Crippen molar-refractivity contribution < 1.29 is 50.5 Å². The minimum absolute atomic E-state index is 0.181. The summed E-state index contributed by atoms with van der Waals surface area (Å²) in [4.78, 5) is 0. The second-order valence-corrected chi connectivity index (χ2v) is 5.67. The first-order valence-electron chi connectivity index (χ1n) is 7.17. The van der Waals surface area contributed by atoms with Crippen molar-refractivity contribution in [2.75, 3.05) is 19.8 Å². The lowest BCUT2D eigenvalue weighted by atomic mass is 9.95. The fourth-order valence-corrected chi connectivity index (χ4v) is 2.75. The molecule has 0 aromatic carbocycles. The third kappa shape index (κ3) is 3.41. The van der Waals surface area contributed by atoms with Crippen LogP contribution in [0.25, 0.3) is 0 Å². The van der Waals surface area contributed by atoms with Gasteiger partial charge in [0.25, 0.3) is 0 Å². The molecule has 22 heavy (non-hydrogen) atoms. The van der Waals surface area contributed by atoms with Crippen molar-refractivity contribution in [2.45, 2.75) is 55.1 Å². The highest BCUT2D eigenvalue weighted by Crippen LogP contribution is 2.24. The Morgan fingerprint density at radius 1 is 0.909 bits per heavy atom. The second kappa shape index (κ2) is 7.45. The fourth-order valence-electron chi connectivity index (χ4n) is 2.75.